The van der Waals surface area contributed by atoms with E-state index in [0.29, 0.717) is 6.54 Å². The quantitative estimate of drug-likeness (QED) is 0.858. The molecular weight excluding hydrogens is 250 g/mol. The zero-order valence-electron chi connectivity index (χ0n) is 10.7. The van der Waals surface area contributed by atoms with E-state index in [1.54, 1.807) is 23.9 Å². The van der Waals surface area contributed by atoms with Gasteiger partial charge in [-0.2, -0.15) is 11.8 Å². The van der Waals surface area contributed by atoms with Gasteiger partial charge in [0.25, 0.3) is 5.91 Å². The molecule has 1 aromatic rings. The molecule has 98 valence electrons. The van der Waals surface area contributed by atoms with Crippen LogP contribution in [0.5, 0.6) is 0 Å². The van der Waals surface area contributed by atoms with Crippen LogP contribution in [0.1, 0.15) is 34.6 Å². The Hall–Kier alpha value is -1.49. The molecule has 0 radical (unpaired) electrons. The first-order valence-corrected chi connectivity index (χ1v) is 6.75. The van der Waals surface area contributed by atoms with E-state index in [1.165, 1.54) is 12.1 Å². The predicted molar refractivity (Wildman–Crippen MR) is 73.3 cm³/mol. The standard InChI is InChI=1S/C13H17NO3S/c1-13(2,18-3)8-14-11(15)9-6-4-5-7-10(9)12(16)17/h4-7H,8H2,1-3H3,(H,14,15)(H,16,17). The van der Waals surface area contributed by atoms with E-state index in [0.717, 1.165) is 0 Å². The number of rotatable bonds is 5. The highest BCUT2D eigenvalue weighted by atomic mass is 32.2. The number of hydrogen-bond acceptors (Lipinski definition) is 3. The number of carboxylic acids is 1. The SMILES string of the molecule is CSC(C)(C)CNC(=O)c1ccccc1C(=O)O. The van der Waals surface area contributed by atoms with Gasteiger partial charge in [0.2, 0.25) is 0 Å². The molecular formula is C13H17NO3S. The van der Waals surface area contributed by atoms with Gasteiger partial charge in [0.15, 0.2) is 0 Å². The summed E-state index contributed by atoms with van der Waals surface area (Å²) >= 11 is 1.64. The summed E-state index contributed by atoms with van der Waals surface area (Å²) in [5.74, 6) is -1.44. The average Bonchev–Trinajstić information content (AvgIpc) is 2.36. The molecule has 0 bridgehead atoms. The molecule has 0 aliphatic carbocycles. The van der Waals surface area contributed by atoms with Crippen molar-refractivity contribution in [1.82, 2.24) is 5.32 Å². The van der Waals surface area contributed by atoms with Crippen molar-refractivity contribution in [2.45, 2.75) is 18.6 Å². The summed E-state index contributed by atoms with van der Waals surface area (Å²) < 4.78 is -0.0756. The lowest BCUT2D eigenvalue weighted by Crippen LogP contribution is -2.36. The Labute approximate surface area is 111 Å². The van der Waals surface area contributed by atoms with Crippen molar-refractivity contribution in [2.24, 2.45) is 0 Å². The third-order valence-electron chi connectivity index (χ3n) is 2.63. The molecule has 1 amide bonds. The Morgan fingerprint density at radius 2 is 1.83 bits per heavy atom. The molecule has 5 heteroatoms. The zero-order valence-corrected chi connectivity index (χ0v) is 11.5. The molecule has 0 saturated carbocycles. The van der Waals surface area contributed by atoms with Gasteiger partial charge in [0.05, 0.1) is 11.1 Å². The third kappa shape index (κ3) is 3.77. The summed E-state index contributed by atoms with van der Waals surface area (Å²) in [5.41, 5.74) is 0.221. The number of benzene rings is 1. The molecule has 0 saturated heterocycles. The first-order chi connectivity index (χ1) is 8.37. The van der Waals surface area contributed by atoms with E-state index in [4.69, 9.17) is 5.11 Å². The molecule has 0 heterocycles. The van der Waals surface area contributed by atoms with Crippen LogP contribution < -0.4 is 5.32 Å². The van der Waals surface area contributed by atoms with Crippen molar-refractivity contribution in [2.75, 3.05) is 12.8 Å². The second kappa shape index (κ2) is 5.91. The van der Waals surface area contributed by atoms with Crippen LogP contribution in [0.2, 0.25) is 0 Å². The summed E-state index contributed by atoms with van der Waals surface area (Å²) in [4.78, 5) is 22.9. The largest absolute Gasteiger partial charge is 0.478 e. The van der Waals surface area contributed by atoms with Crippen molar-refractivity contribution in [3.05, 3.63) is 35.4 Å². The van der Waals surface area contributed by atoms with Gasteiger partial charge in [-0.15, -0.1) is 0 Å². The fourth-order valence-electron chi connectivity index (χ4n) is 1.33. The highest BCUT2D eigenvalue weighted by molar-refractivity contribution is 7.99. The van der Waals surface area contributed by atoms with Crippen molar-refractivity contribution < 1.29 is 14.7 Å². The maximum Gasteiger partial charge on any atom is 0.336 e. The Morgan fingerprint density at radius 3 is 2.33 bits per heavy atom. The van der Waals surface area contributed by atoms with Crippen molar-refractivity contribution in [1.29, 1.82) is 0 Å². The average molecular weight is 267 g/mol. The van der Waals surface area contributed by atoms with Crippen LogP contribution >= 0.6 is 11.8 Å². The van der Waals surface area contributed by atoms with E-state index in [2.05, 4.69) is 5.32 Å². The fourth-order valence-corrected chi connectivity index (χ4v) is 1.54. The molecule has 18 heavy (non-hydrogen) atoms. The number of hydrogen-bond donors (Lipinski definition) is 2. The van der Waals surface area contributed by atoms with Crippen LogP contribution in [-0.4, -0.2) is 34.5 Å². The summed E-state index contributed by atoms with van der Waals surface area (Å²) in [6, 6.07) is 6.20. The van der Waals surface area contributed by atoms with E-state index in [9.17, 15) is 9.59 Å². The van der Waals surface area contributed by atoms with Gasteiger partial charge in [-0.3, -0.25) is 4.79 Å². The highest BCUT2D eigenvalue weighted by Gasteiger charge is 2.20. The number of carbonyl (C=O) groups is 2. The lowest BCUT2D eigenvalue weighted by molar-refractivity contribution is 0.0691. The summed E-state index contributed by atoms with van der Waals surface area (Å²) in [5, 5.41) is 11.8. The van der Waals surface area contributed by atoms with Gasteiger partial charge < -0.3 is 10.4 Å². The van der Waals surface area contributed by atoms with E-state index >= 15 is 0 Å². The molecule has 0 spiro atoms. The first-order valence-electron chi connectivity index (χ1n) is 5.53. The van der Waals surface area contributed by atoms with Gasteiger partial charge >= 0.3 is 5.97 Å². The van der Waals surface area contributed by atoms with Crippen molar-refractivity contribution in [3.63, 3.8) is 0 Å². The summed E-state index contributed by atoms with van der Waals surface area (Å²) in [6.07, 6.45) is 1.97. The van der Waals surface area contributed by atoms with Crippen LogP contribution in [0, 0.1) is 0 Å². The van der Waals surface area contributed by atoms with Gasteiger partial charge in [-0.25, -0.2) is 4.79 Å². The number of carbonyl (C=O) groups excluding carboxylic acids is 1. The Morgan fingerprint density at radius 1 is 1.28 bits per heavy atom. The molecule has 2 N–H and O–H groups in total. The number of thioether (sulfide) groups is 1. The molecule has 4 nitrogen and oxygen atoms in total. The number of aromatic carboxylic acids is 1. The van der Waals surface area contributed by atoms with Crippen molar-refractivity contribution in [3.8, 4) is 0 Å². The van der Waals surface area contributed by atoms with Crippen LogP contribution in [0.4, 0.5) is 0 Å². The molecule has 0 fully saturated rings. The van der Waals surface area contributed by atoms with Gasteiger partial charge in [0.1, 0.15) is 0 Å². The third-order valence-corrected chi connectivity index (χ3v) is 3.88. The van der Waals surface area contributed by atoms with E-state index < -0.39 is 5.97 Å². The molecule has 0 atom stereocenters. The molecule has 0 aliphatic heterocycles. The monoisotopic (exact) mass is 267 g/mol. The minimum Gasteiger partial charge on any atom is -0.478 e. The molecule has 0 aliphatic rings. The smallest absolute Gasteiger partial charge is 0.336 e. The Kier molecular flexibility index (Phi) is 4.78. The van der Waals surface area contributed by atoms with Crippen molar-refractivity contribution >= 4 is 23.6 Å². The topological polar surface area (TPSA) is 66.4 Å². The molecule has 1 aromatic carbocycles. The zero-order chi connectivity index (χ0) is 13.8. The lowest BCUT2D eigenvalue weighted by Gasteiger charge is -2.22. The van der Waals surface area contributed by atoms with Crippen LogP contribution in [0.15, 0.2) is 24.3 Å². The minimum absolute atomic E-state index is 0.0250. The summed E-state index contributed by atoms with van der Waals surface area (Å²) in [7, 11) is 0. The maximum absolute atomic E-state index is 11.9. The number of carboxylic acid groups (broad SMARTS) is 1. The van der Waals surface area contributed by atoms with E-state index in [1.807, 2.05) is 20.1 Å². The Bertz CT molecular complexity index is 457. The lowest BCUT2D eigenvalue weighted by atomic mass is 10.1. The maximum atomic E-state index is 11.9. The van der Waals surface area contributed by atoms with Gasteiger partial charge in [0, 0.05) is 11.3 Å². The van der Waals surface area contributed by atoms with Gasteiger partial charge in [-0.1, -0.05) is 12.1 Å². The van der Waals surface area contributed by atoms with Crippen LogP contribution in [0.25, 0.3) is 0 Å². The second-order valence-electron chi connectivity index (χ2n) is 4.50. The van der Waals surface area contributed by atoms with Gasteiger partial charge in [-0.05, 0) is 32.2 Å². The molecule has 1 rings (SSSR count). The fraction of sp³-hybridized carbons (Fsp3) is 0.385. The highest BCUT2D eigenvalue weighted by Crippen LogP contribution is 2.20. The molecule has 0 aromatic heterocycles. The first kappa shape index (κ1) is 14.6. The molecule has 0 unspecified atom stereocenters. The Balaban J connectivity index is 2.82. The number of nitrogens with one attached hydrogen (secondary N) is 1. The minimum atomic E-state index is -1.09. The normalized spacial score (nSPS) is 11.1. The summed E-state index contributed by atoms with van der Waals surface area (Å²) in [6.45, 7) is 4.52. The second-order valence-corrected chi connectivity index (χ2v) is 6.01. The van der Waals surface area contributed by atoms with Crippen LogP contribution in [0.3, 0.4) is 0 Å². The number of amides is 1. The predicted octanol–water partition coefficient (Wildman–Crippen LogP) is 2.26. The van der Waals surface area contributed by atoms with Crippen LogP contribution in [-0.2, 0) is 0 Å². The van der Waals surface area contributed by atoms with E-state index in [-0.39, 0.29) is 21.8 Å².